The summed E-state index contributed by atoms with van der Waals surface area (Å²) in [7, 11) is 0. The van der Waals surface area contributed by atoms with Crippen molar-refractivity contribution < 1.29 is 9.53 Å². The highest BCUT2D eigenvalue weighted by Gasteiger charge is 2.23. The summed E-state index contributed by atoms with van der Waals surface area (Å²) in [6.07, 6.45) is 1.34. The Morgan fingerprint density at radius 3 is 3.00 bits per heavy atom. The molecular weight excluding hydrogens is 216 g/mol. The Balaban J connectivity index is 2.18. The van der Waals surface area contributed by atoms with Gasteiger partial charge >= 0.3 is 0 Å². The predicted octanol–water partition coefficient (Wildman–Crippen LogP) is 1.58. The van der Waals surface area contributed by atoms with Gasteiger partial charge in [0.05, 0.1) is 6.61 Å². The van der Waals surface area contributed by atoms with Crippen LogP contribution in [0.25, 0.3) is 0 Å². The summed E-state index contributed by atoms with van der Waals surface area (Å²) in [6, 6.07) is 5.72. The van der Waals surface area contributed by atoms with Crippen LogP contribution in [0.1, 0.15) is 18.9 Å². The highest BCUT2D eigenvalue weighted by Crippen LogP contribution is 2.29. The van der Waals surface area contributed by atoms with Gasteiger partial charge in [-0.2, -0.15) is 0 Å². The van der Waals surface area contributed by atoms with E-state index < -0.39 is 0 Å². The van der Waals surface area contributed by atoms with Gasteiger partial charge < -0.3 is 15.4 Å². The van der Waals surface area contributed by atoms with Crippen molar-refractivity contribution in [1.82, 2.24) is 0 Å². The topological polar surface area (TPSA) is 55.6 Å². The number of hydrogen-bond donors (Lipinski definition) is 1. The van der Waals surface area contributed by atoms with Gasteiger partial charge in [-0.05, 0) is 37.1 Å². The first-order valence-corrected chi connectivity index (χ1v) is 5.99. The molecule has 0 saturated heterocycles. The number of nitrogens with two attached hydrogens (primary N) is 1. The molecule has 0 atom stereocenters. The summed E-state index contributed by atoms with van der Waals surface area (Å²) in [5.41, 5.74) is 8.64. The van der Waals surface area contributed by atoms with Gasteiger partial charge in [-0.1, -0.05) is 0 Å². The van der Waals surface area contributed by atoms with Gasteiger partial charge in [0.15, 0.2) is 0 Å². The van der Waals surface area contributed by atoms with Gasteiger partial charge in [-0.15, -0.1) is 0 Å². The molecule has 0 radical (unpaired) electrons. The average Bonchev–Trinajstić information content (AvgIpc) is 2.32. The average molecular weight is 234 g/mol. The van der Waals surface area contributed by atoms with E-state index in [-0.39, 0.29) is 5.91 Å². The predicted molar refractivity (Wildman–Crippen MR) is 68.0 cm³/mol. The first kappa shape index (κ1) is 11.9. The summed E-state index contributed by atoms with van der Waals surface area (Å²) in [4.78, 5) is 13.7. The SMILES string of the molecule is CCOCCN1C(=O)CCc2cc(N)ccc21. The Hall–Kier alpha value is -1.55. The van der Waals surface area contributed by atoms with Gasteiger partial charge in [0.2, 0.25) is 5.91 Å². The highest BCUT2D eigenvalue weighted by atomic mass is 16.5. The van der Waals surface area contributed by atoms with Crippen molar-refractivity contribution in [3.63, 3.8) is 0 Å². The van der Waals surface area contributed by atoms with E-state index in [1.807, 2.05) is 25.1 Å². The van der Waals surface area contributed by atoms with Crippen LogP contribution in [0.3, 0.4) is 0 Å². The van der Waals surface area contributed by atoms with E-state index in [4.69, 9.17) is 10.5 Å². The second-order valence-corrected chi connectivity index (χ2v) is 4.13. The molecule has 1 aromatic rings. The largest absolute Gasteiger partial charge is 0.399 e. The molecule has 1 heterocycles. The van der Waals surface area contributed by atoms with Gasteiger partial charge in [-0.25, -0.2) is 0 Å². The molecule has 1 amide bonds. The van der Waals surface area contributed by atoms with Crippen LogP contribution in [0, 0.1) is 0 Å². The molecule has 4 heteroatoms. The van der Waals surface area contributed by atoms with E-state index in [2.05, 4.69) is 0 Å². The molecule has 0 saturated carbocycles. The lowest BCUT2D eigenvalue weighted by molar-refractivity contribution is -0.119. The maximum atomic E-state index is 11.9. The van der Waals surface area contributed by atoms with E-state index >= 15 is 0 Å². The van der Waals surface area contributed by atoms with E-state index in [0.29, 0.717) is 26.2 Å². The molecule has 1 aromatic carbocycles. The van der Waals surface area contributed by atoms with E-state index in [1.54, 1.807) is 4.90 Å². The van der Waals surface area contributed by atoms with E-state index in [0.717, 1.165) is 23.4 Å². The monoisotopic (exact) mass is 234 g/mol. The minimum Gasteiger partial charge on any atom is -0.399 e. The number of rotatable bonds is 4. The lowest BCUT2D eigenvalue weighted by Gasteiger charge is -2.29. The number of aryl methyl sites for hydroxylation is 1. The van der Waals surface area contributed by atoms with Crippen molar-refractivity contribution in [2.45, 2.75) is 19.8 Å². The third kappa shape index (κ3) is 2.58. The Morgan fingerprint density at radius 2 is 2.24 bits per heavy atom. The fourth-order valence-corrected chi connectivity index (χ4v) is 2.13. The maximum absolute atomic E-state index is 11.9. The van der Waals surface area contributed by atoms with Gasteiger partial charge in [0, 0.05) is 30.9 Å². The number of benzene rings is 1. The number of nitrogen functional groups attached to an aromatic ring is 1. The number of anilines is 2. The number of nitrogens with zero attached hydrogens (tertiary/aromatic N) is 1. The van der Waals surface area contributed by atoms with Gasteiger partial charge in [-0.3, -0.25) is 4.79 Å². The third-order valence-corrected chi connectivity index (χ3v) is 2.97. The number of hydrogen-bond acceptors (Lipinski definition) is 3. The minimum atomic E-state index is 0.168. The van der Waals surface area contributed by atoms with Crippen LogP contribution in [0.5, 0.6) is 0 Å². The zero-order chi connectivity index (χ0) is 12.3. The zero-order valence-electron chi connectivity index (χ0n) is 10.1. The highest BCUT2D eigenvalue weighted by molar-refractivity contribution is 5.96. The third-order valence-electron chi connectivity index (χ3n) is 2.97. The summed E-state index contributed by atoms with van der Waals surface area (Å²) < 4.78 is 5.30. The summed E-state index contributed by atoms with van der Waals surface area (Å²) >= 11 is 0. The second kappa shape index (κ2) is 5.19. The molecule has 0 bridgehead atoms. The van der Waals surface area contributed by atoms with E-state index in [1.165, 1.54) is 0 Å². The van der Waals surface area contributed by atoms with Gasteiger partial charge in [0.1, 0.15) is 0 Å². The Morgan fingerprint density at radius 1 is 1.41 bits per heavy atom. The number of fused-ring (bicyclic) bond motifs is 1. The molecule has 2 N–H and O–H groups in total. The first-order chi connectivity index (χ1) is 8.22. The minimum absolute atomic E-state index is 0.168. The smallest absolute Gasteiger partial charge is 0.227 e. The normalized spacial score (nSPS) is 14.9. The fraction of sp³-hybridized carbons (Fsp3) is 0.462. The van der Waals surface area contributed by atoms with Crippen molar-refractivity contribution in [3.8, 4) is 0 Å². The van der Waals surface area contributed by atoms with Crippen LogP contribution in [-0.4, -0.2) is 25.7 Å². The van der Waals surface area contributed by atoms with Crippen LogP contribution < -0.4 is 10.6 Å². The van der Waals surface area contributed by atoms with Crippen LogP contribution in [0.2, 0.25) is 0 Å². The number of amides is 1. The summed E-state index contributed by atoms with van der Waals surface area (Å²) in [5, 5.41) is 0. The van der Waals surface area contributed by atoms with E-state index in [9.17, 15) is 4.79 Å². The molecule has 2 rings (SSSR count). The van der Waals surface area contributed by atoms with Gasteiger partial charge in [0.25, 0.3) is 0 Å². The fourth-order valence-electron chi connectivity index (χ4n) is 2.13. The zero-order valence-corrected chi connectivity index (χ0v) is 10.1. The maximum Gasteiger partial charge on any atom is 0.227 e. The molecule has 0 aromatic heterocycles. The lowest BCUT2D eigenvalue weighted by atomic mass is 10.0. The molecule has 0 spiro atoms. The molecule has 0 aliphatic carbocycles. The molecule has 0 unspecified atom stereocenters. The lowest BCUT2D eigenvalue weighted by Crippen LogP contribution is -2.37. The molecule has 17 heavy (non-hydrogen) atoms. The quantitative estimate of drug-likeness (QED) is 0.635. The molecule has 0 fully saturated rings. The number of carbonyl (C=O) groups is 1. The molecule has 4 nitrogen and oxygen atoms in total. The Labute approximate surface area is 101 Å². The summed E-state index contributed by atoms with van der Waals surface area (Å²) in [5.74, 6) is 0.168. The van der Waals surface area contributed by atoms with Crippen molar-refractivity contribution >= 4 is 17.3 Å². The molecule has 92 valence electrons. The van der Waals surface area contributed by atoms with Crippen LogP contribution in [0.15, 0.2) is 18.2 Å². The number of carbonyl (C=O) groups excluding carboxylic acids is 1. The van der Waals surface area contributed by atoms with Crippen LogP contribution >= 0.6 is 0 Å². The second-order valence-electron chi connectivity index (χ2n) is 4.13. The summed E-state index contributed by atoms with van der Waals surface area (Å²) in [6.45, 7) is 3.82. The molecule has 1 aliphatic rings. The van der Waals surface area contributed by atoms with Crippen molar-refractivity contribution in [2.75, 3.05) is 30.4 Å². The van der Waals surface area contributed by atoms with Crippen LogP contribution in [0.4, 0.5) is 11.4 Å². The van der Waals surface area contributed by atoms with Crippen molar-refractivity contribution in [2.24, 2.45) is 0 Å². The standard InChI is InChI=1S/C13H18N2O2/c1-2-17-8-7-15-12-5-4-11(14)9-10(12)3-6-13(15)16/h4-5,9H,2-3,6-8,14H2,1H3. The Kier molecular flexibility index (Phi) is 3.64. The molecule has 1 aliphatic heterocycles. The van der Waals surface area contributed by atoms with Crippen molar-refractivity contribution in [1.29, 1.82) is 0 Å². The first-order valence-electron chi connectivity index (χ1n) is 5.99. The van der Waals surface area contributed by atoms with Crippen molar-refractivity contribution in [3.05, 3.63) is 23.8 Å². The van der Waals surface area contributed by atoms with Crippen LogP contribution in [-0.2, 0) is 16.0 Å². The molecular formula is C13H18N2O2. The Bertz CT molecular complexity index is 418. The number of ether oxygens (including phenoxy) is 1.